The Morgan fingerprint density at radius 1 is 1.12 bits per heavy atom. The van der Waals surface area contributed by atoms with Gasteiger partial charge in [0.2, 0.25) is 0 Å². The van der Waals surface area contributed by atoms with Gasteiger partial charge in [-0.25, -0.2) is 9.50 Å². The maximum atomic E-state index is 12.6. The maximum absolute atomic E-state index is 12.6. The van der Waals surface area contributed by atoms with Crippen LogP contribution in [0, 0.1) is 5.92 Å². The molecule has 1 aliphatic rings. The van der Waals surface area contributed by atoms with Gasteiger partial charge < -0.3 is 5.32 Å². The van der Waals surface area contributed by atoms with Crippen molar-refractivity contribution in [3.8, 4) is 0 Å². The Balaban J connectivity index is 1.46. The summed E-state index contributed by atoms with van der Waals surface area (Å²) in [5.41, 5.74) is 2.59. The minimum Gasteiger partial charge on any atom is -0.350 e. The molecule has 0 bridgehead atoms. The highest BCUT2D eigenvalue weighted by molar-refractivity contribution is 5.92. The van der Waals surface area contributed by atoms with Crippen LogP contribution in [0.25, 0.3) is 5.65 Å². The van der Waals surface area contributed by atoms with Gasteiger partial charge in [-0.1, -0.05) is 36.8 Å². The van der Waals surface area contributed by atoms with Crippen molar-refractivity contribution >= 4 is 11.6 Å². The first kappa shape index (κ1) is 14.9. The first-order valence-electron chi connectivity index (χ1n) is 8.45. The molecule has 2 unspecified atom stereocenters. The van der Waals surface area contributed by atoms with Crippen molar-refractivity contribution < 1.29 is 4.79 Å². The van der Waals surface area contributed by atoms with Crippen LogP contribution in [0.15, 0.2) is 54.9 Å². The zero-order valence-electron chi connectivity index (χ0n) is 13.4. The molecule has 24 heavy (non-hydrogen) atoms. The minimum atomic E-state index is -0.0928. The second-order valence-electron chi connectivity index (χ2n) is 6.35. The topological polar surface area (TPSA) is 59.3 Å². The third-order valence-corrected chi connectivity index (χ3v) is 4.93. The number of carbonyl (C=O) groups excluding carboxylic acids is 1. The molecule has 1 N–H and O–H groups in total. The second-order valence-corrected chi connectivity index (χ2v) is 6.35. The van der Waals surface area contributed by atoms with E-state index in [1.54, 1.807) is 29.0 Å². The SMILES string of the molecule is O=C(NCC1CCCC1c1ccccc1)c1ccnc2ccnn12. The lowest BCUT2D eigenvalue weighted by molar-refractivity contribution is 0.0938. The molecular weight excluding hydrogens is 300 g/mol. The Hall–Kier alpha value is -2.69. The average Bonchev–Trinajstić information content (AvgIpc) is 3.29. The van der Waals surface area contributed by atoms with Gasteiger partial charge in [-0.2, -0.15) is 5.10 Å². The summed E-state index contributed by atoms with van der Waals surface area (Å²) in [6.45, 7) is 0.698. The highest BCUT2D eigenvalue weighted by Crippen LogP contribution is 2.39. The van der Waals surface area contributed by atoms with Crippen LogP contribution in [0.2, 0.25) is 0 Å². The van der Waals surface area contributed by atoms with E-state index >= 15 is 0 Å². The largest absolute Gasteiger partial charge is 0.350 e. The summed E-state index contributed by atoms with van der Waals surface area (Å²) in [7, 11) is 0. The van der Waals surface area contributed by atoms with Crippen LogP contribution in [0.4, 0.5) is 0 Å². The quantitative estimate of drug-likeness (QED) is 0.804. The molecule has 4 rings (SSSR count). The standard InChI is InChI=1S/C19H20N4O/c24-19(17-9-11-20-18-10-12-22-23(17)18)21-13-15-7-4-8-16(15)14-5-2-1-3-6-14/h1-3,5-6,9-12,15-16H,4,7-8,13H2,(H,21,24). The Morgan fingerprint density at radius 3 is 2.88 bits per heavy atom. The molecule has 5 heteroatoms. The molecule has 0 radical (unpaired) electrons. The average molecular weight is 320 g/mol. The van der Waals surface area contributed by atoms with Gasteiger partial charge in [0.25, 0.3) is 5.91 Å². The monoisotopic (exact) mass is 320 g/mol. The summed E-state index contributed by atoms with van der Waals surface area (Å²) in [6, 6.07) is 14.1. The molecule has 2 atom stereocenters. The Kier molecular flexibility index (Phi) is 3.99. The second kappa shape index (κ2) is 6.43. The number of aromatic nitrogens is 3. The molecular formula is C19H20N4O. The third-order valence-electron chi connectivity index (χ3n) is 4.93. The molecule has 1 amide bonds. The van der Waals surface area contributed by atoms with E-state index in [2.05, 4.69) is 39.7 Å². The molecule has 122 valence electrons. The number of nitrogens with one attached hydrogen (secondary N) is 1. The van der Waals surface area contributed by atoms with Crippen LogP contribution < -0.4 is 5.32 Å². The molecule has 3 aromatic rings. The van der Waals surface area contributed by atoms with Gasteiger partial charge in [0.1, 0.15) is 5.69 Å². The van der Waals surface area contributed by atoms with Crippen molar-refractivity contribution in [1.82, 2.24) is 19.9 Å². The highest BCUT2D eigenvalue weighted by atomic mass is 16.2. The van der Waals surface area contributed by atoms with E-state index in [1.807, 2.05) is 6.07 Å². The van der Waals surface area contributed by atoms with E-state index in [-0.39, 0.29) is 5.91 Å². The lowest BCUT2D eigenvalue weighted by Crippen LogP contribution is -2.31. The highest BCUT2D eigenvalue weighted by Gasteiger charge is 2.28. The lowest BCUT2D eigenvalue weighted by Gasteiger charge is -2.20. The van der Waals surface area contributed by atoms with E-state index in [0.29, 0.717) is 29.7 Å². The van der Waals surface area contributed by atoms with Gasteiger partial charge in [0.05, 0.1) is 6.20 Å². The van der Waals surface area contributed by atoms with E-state index in [4.69, 9.17) is 0 Å². The normalized spacial score (nSPS) is 20.3. The molecule has 0 aliphatic heterocycles. The minimum absolute atomic E-state index is 0.0928. The Morgan fingerprint density at radius 2 is 2.00 bits per heavy atom. The zero-order chi connectivity index (χ0) is 16.4. The number of hydrogen-bond donors (Lipinski definition) is 1. The van der Waals surface area contributed by atoms with Gasteiger partial charge in [-0.3, -0.25) is 4.79 Å². The van der Waals surface area contributed by atoms with Crippen LogP contribution in [0.5, 0.6) is 0 Å². The van der Waals surface area contributed by atoms with Crippen LogP contribution in [-0.2, 0) is 0 Å². The molecule has 1 saturated carbocycles. The van der Waals surface area contributed by atoms with E-state index < -0.39 is 0 Å². The summed E-state index contributed by atoms with van der Waals surface area (Å²) in [4.78, 5) is 16.8. The smallest absolute Gasteiger partial charge is 0.270 e. The first-order chi connectivity index (χ1) is 11.8. The van der Waals surface area contributed by atoms with Crippen LogP contribution in [-0.4, -0.2) is 27.0 Å². The number of rotatable bonds is 4. The molecule has 2 aromatic heterocycles. The van der Waals surface area contributed by atoms with E-state index in [9.17, 15) is 4.79 Å². The van der Waals surface area contributed by atoms with E-state index in [0.717, 1.165) is 6.42 Å². The molecule has 0 saturated heterocycles. The number of nitrogens with zero attached hydrogens (tertiary/aromatic N) is 3. The fraction of sp³-hybridized carbons (Fsp3) is 0.316. The van der Waals surface area contributed by atoms with Crippen LogP contribution in [0.3, 0.4) is 0 Å². The summed E-state index contributed by atoms with van der Waals surface area (Å²) in [5, 5.41) is 7.27. The number of benzene rings is 1. The van der Waals surface area contributed by atoms with Crippen LogP contribution in [0.1, 0.15) is 41.2 Å². The van der Waals surface area contributed by atoms with Gasteiger partial charge in [0, 0.05) is 18.8 Å². The number of hydrogen-bond acceptors (Lipinski definition) is 3. The number of carbonyl (C=O) groups is 1. The number of amides is 1. The van der Waals surface area contributed by atoms with Gasteiger partial charge in [0.15, 0.2) is 5.65 Å². The summed E-state index contributed by atoms with van der Waals surface area (Å²) in [6.07, 6.45) is 6.88. The predicted octanol–water partition coefficient (Wildman–Crippen LogP) is 3.04. The summed E-state index contributed by atoms with van der Waals surface area (Å²) >= 11 is 0. The van der Waals surface area contributed by atoms with Crippen molar-refractivity contribution in [2.75, 3.05) is 6.54 Å². The predicted molar refractivity (Wildman–Crippen MR) is 91.8 cm³/mol. The van der Waals surface area contributed by atoms with Crippen molar-refractivity contribution in [3.63, 3.8) is 0 Å². The Labute approximate surface area is 140 Å². The molecule has 2 heterocycles. The van der Waals surface area contributed by atoms with E-state index in [1.165, 1.54) is 18.4 Å². The number of fused-ring (bicyclic) bond motifs is 1. The fourth-order valence-electron chi connectivity index (χ4n) is 3.74. The van der Waals surface area contributed by atoms with Gasteiger partial charge in [-0.15, -0.1) is 0 Å². The molecule has 1 fully saturated rings. The first-order valence-corrected chi connectivity index (χ1v) is 8.45. The lowest BCUT2D eigenvalue weighted by atomic mass is 9.89. The molecule has 1 aliphatic carbocycles. The molecule has 0 spiro atoms. The van der Waals surface area contributed by atoms with Crippen molar-refractivity contribution in [2.45, 2.75) is 25.2 Å². The van der Waals surface area contributed by atoms with Crippen molar-refractivity contribution in [3.05, 3.63) is 66.1 Å². The Bertz CT molecular complexity index is 843. The fourth-order valence-corrected chi connectivity index (χ4v) is 3.74. The van der Waals surface area contributed by atoms with Gasteiger partial charge >= 0.3 is 0 Å². The van der Waals surface area contributed by atoms with Crippen LogP contribution >= 0.6 is 0 Å². The maximum Gasteiger partial charge on any atom is 0.270 e. The summed E-state index contributed by atoms with van der Waals surface area (Å²) in [5.74, 6) is 0.935. The third kappa shape index (κ3) is 2.77. The van der Waals surface area contributed by atoms with Crippen molar-refractivity contribution in [1.29, 1.82) is 0 Å². The van der Waals surface area contributed by atoms with Gasteiger partial charge in [-0.05, 0) is 36.3 Å². The molecule has 5 nitrogen and oxygen atoms in total. The molecule has 1 aromatic carbocycles. The zero-order valence-corrected chi connectivity index (χ0v) is 13.4. The van der Waals surface area contributed by atoms with Crippen molar-refractivity contribution in [2.24, 2.45) is 5.92 Å². The summed E-state index contributed by atoms with van der Waals surface area (Å²) < 4.78 is 1.58.